The average Bonchev–Trinajstić information content (AvgIpc) is 2.79. The van der Waals surface area contributed by atoms with Crippen molar-refractivity contribution in [1.82, 2.24) is 19.9 Å². The summed E-state index contributed by atoms with van der Waals surface area (Å²) in [7, 11) is 1.63. The fraction of sp³-hybridized carbons (Fsp3) is 0.238. The quantitative estimate of drug-likeness (QED) is 0.697. The van der Waals surface area contributed by atoms with Crippen molar-refractivity contribution >= 4 is 5.91 Å². The van der Waals surface area contributed by atoms with Gasteiger partial charge in [0.05, 0.1) is 31.6 Å². The first-order valence-corrected chi connectivity index (χ1v) is 9.03. The lowest BCUT2D eigenvalue weighted by atomic mass is 10.0. The molecule has 4 rings (SSSR count). The summed E-state index contributed by atoms with van der Waals surface area (Å²) in [6.07, 6.45) is 4.55. The van der Waals surface area contributed by atoms with E-state index in [1.165, 1.54) is 0 Å². The Morgan fingerprint density at radius 2 is 2.00 bits per heavy atom. The van der Waals surface area contributed by atoms with E-state index in [-0.39, 0.29) is 12.0 Å². The van der Waals surface area contributed by atoms with Crippen molar-refractivity contribution in [3.8, 4) is 17.0 Å². The zero-order chi connectivity index (χ0) is 19.3. The molecular formula is C21H20N4O3. The summed E-state index contributed by atoms with van der Waals surface area (Å²) in [6.45, 7) is 1.34. The second-order valence-corrected chi connectivity index (χ2v) is 6.35. The van der Waals surface area contributed by atoms with Crippen LogP contribution in [0, 0.1) is 0 Å². The van der Waals surface area contributed by atoms with Gasteiger partial charge >= 0.3 is 0 Å². The molecule has 1 saturated heterocycles. The number of hydrogen-bond donors (Lipinski definition) is 0. The molecule has 0 aliphatic carbocycles. The molecule has 1 aromatic carbocycles. The number of rotatable bonds is 4. The van der Waals surface area contributed by atoms with Crippen molar-refractivity contribution in [2.24, 2.45) is 0 Å². The van der Waals surface area contributed by atoms with Crippen LogP contribution in [0.4, 0.5) is 0 Å². The zero-order valence-corrected chi connectivity index (χ0v) is 15.5. The van der Waals surface area contributed by atoms with Gasteiger partial charge in [-0.05, 0) is 24.3 Å². The third-order valence-electron chi connectivity index (χ3n) is 4.61. The summed E-state index contributed by atoms with van der Waals surface area (Å²) >= 11 is 0. The van der Waals surface area contributed by atoms with E-state index >= 15 is 0 Å². The number of carbonyl (C=O) groups excluding carboxylic acids is 1. The number of nitrogens with zero attached hydrogens (tertiary/aromatic N) is 4. The minimum absolute atomic E-state index is 0.110. The van der Waals surface area contributed by atoms with Gasteiger partial charge in [0.2, 0.25) is 0 Å². The number of benzene rings is 1. The highest BCUT2D eigenvalue weighted by Crippen LogP contribution is 2.30. The van der Waals surface area contributed by atoms with Crippen LogP contribution in [-0.2, 0) is 4.74 Å². The van der Waals surface area contributed by atoms with Crippen LogP contribution in [0.3, 0.4) is 0 Å². The SMILES string of the molecule is COc1cccc(-c2nccnc2[C@@H]2CN(C(=O)c3ccccn3)CCO2)c1. The minimum Gasteiger partial charge on any atom is -0.497 e. The fourth-order valence-electron chi connectivity index (χ4n) is 3.23. The highest BCUT2D eigenvalue weighted by atomic mass is 16.5. The van der Waals surface area contributed by atoms with Crippen LogP contribution in [0.1, 0.15) is 22.3 Å². The summed E-state index contributed by atoms with van der Waals surface area (Å²) in [4.78, 5) is 27.7. The van der Waals surface area contributed by atoms with Crippen LogP contribution < -0.4 is 4.74 Å². The standard InChI is InChI=1S/C21H20N4O3/c1-27-16-6-4-5-15(13-16)19-20(24-10-9-23-19)18-14-25(11-12-28-18)21(26)17-7-2-3-8-22-17/h2-10,13,18H,11-12,14H2,1H3/t18-/m0/s1. The van der Waals surface area contributed by atoms with Gasteiger partial charge in [-0.3, -0.25) is 19.7 Å². The molecule has 1 aliphatic heterocycles. The van der Waals surface area contributed by atoms with Crippen molar-refractivity contribution in [3.05, 3.63) is 72.4 Å². The molecule has 1 amide bonds. The maximum absolute atomic E-state index is 12.8. The first-order valence-electron chi connectivity index (χ1n) is 9.03. The Kier molecular flexibility index (Phi) is 5.25. The number of aromatic nitrogens is 3. The van der Waals surface area contributed by atoms with E-state index < -0.39 is 0 Å². The second-order valence-electron chi connectivity index (χ2n) is 6.35. The van der Waals surface area contributed by atoms with E-state index in [1.807, 2.05) is 30.3 Å². The maximum atomic E-state index is 12.8. The van der Waals surface area contributed by atoms with Crippen LogP contribution in [0.25, 0.3) is 11.3 Å². The Bertz CT molecular complexity index is 965. The molecule has 1 fully saturated rings. The van der Waals surface area contributed by atoms with Gasteiger partial charge in [-0.2, -0.15) is 0 Å². The van der Waals surface area contributed by atoms with E-state index in [4.69, 9.17) is 9.47 Å². The molecule has 0 N–H and O–H groups in total. The number of carbonyl (C=O) groups is 1. The molecule has 7 heteroatoms. The number of hydrogen-bond acceptors (Lipinski definition) is 6. The van der Waals surface area contributed by atoms with E-state index in [1.54, 1.807) is 42.7 Å². The van der Waals surface area contributed by atoms with E-state index in [9.17, 15) is 4.79 Å². The lowest BCUT2D eigenvalue weighted by Gasteiger charge is -2.33. The first-order chi connectivity index (χ1) is 13.8. The molecule has 142 valence electrons. The van der Waals surface area contributed by atoms with Gasteiger partial charge in [0.15, 0.2) is 0 Å². The smallest absolute Gasteiger partial charge is 0.272 e. The molecule has 0 saturated carbocycles. The van der Waals surface area contributed by atoms with Crippen LogP contribution in [-0.4, -0.2) is 52.6 Å². The topological polar surface area (TPSA) is 77.4 Å². The van der Waals surface area contributed by atoms with Gasteiger partial charge in [-0.15, -0.1) is 0 Å². The van der Waals surface area contributed by atoms with E-state index in [2.05, 4.69) is 15.0 Å². The number of amides is 1. The molecule has 0 unspecified atom stereocenters. The summed E-state index contributed by atoms with van der Waals surface area (Å²) in [5, 5.41) is 0. The van der Waals surface area contributed by atoms with Gasteiger partial charge in [0.1, 0.15) is 17.5 Å². The second kappa shape index (κ2) is 8.14. The zero-order valence-electron chi connectivity index (χ0n) is 15.5. The molecule has 28 heavy (non-hydrogen) atoms. The summed E-state index contributed by atoms with van der Waals surface area (Å²) in [5.41, 5.74) is 2.74. The highest BCUT2D eigenvalue weighted by molar-refractivity contribution is 5.92. The van der Waals surface area contributed by atoms with Crippen LogP contribution in [0.15, 0.2) is 61.1 Å². The molecular weight excluding hydrogens is 356 g/mol. The number of methoxy groups -OCH3 is 1. The van der Waals surface area contributed by atoms with Gasteiger partial charge in [-0.25, -0.2) is 0 Å². The number of pyridine rings is 1. The Hall–Kier alpha value is -3.32. The Morgan fingerprint density at radius 1 is 1.11 bits per heavy atom. The summed E-state index contributed by atoms with van der Waals surface area (Å²) < 4.78 is 11.3. The molecule has 2 aromatic heterocycles. The van der Waals surface area contributed by atoms with Crippen LogP contribution in [0.2, 0.25) is 0 Å². The Balaban J connectivity index is 1.62. The van der Waals surface area contributed by atoms with Gasteiger partial charge < -0.3 is 14.4 Å². The maximum Gasteiger partial charge on any atom is 0.272 e. The predicted molar refractivity (Wildman–Crippen MR) is 103 cm³/mol. The van der Waals surface area contributed by atoms with Crippen molar-refractivity contribution < 1.29 is 14.3 Å². The van der Waals surface area contributed by atoms with Gasteiger partial charge in [0, 0.05) is 30.7 Å². The van der Waals surface area contributed by atoms with Crippen LogP contribution in [0.5, 0.6) is 5.75 Å². The van der Waals surface area contributed by atoms with Crippen LogP contribution >= 0.6 is 0 Å². The lowest BCUT2D eigenvalue weighted by molar-refractivity contribution is -0.0247. The molecule has 3 aromatic rings. The average molecular weight is 376 g/mol. The van der Waals surface area contributed by atoms with Crippen molar-refractivity contribution in [3.63, 3.8) is 0 Å². The van der Waals surface area contributed by atoms with Gasteiger partial charge in [-0.1, -0.05) is 18.2 Å². The first kappa shape index (κ1) is 18.1. The third-order valence-corrected chi connectivity index (χ3v) is 4.61. The molecule has 0 radical (unpaired) electrons. The molecule has 0 bridgehead atoms. The predicted octanol–water partition coefficient (Wildman–Crippen LogP) is 2.76. The van der Waals surface area contributed by atoms with Gasteiger partial charge in [0.25, 0.3) is 5.91 Å². The Morgan fingerprint density at radius 3 is 2.82 bits per heavy atom. The number of morpholine rings is 1. The Labute approximate surface area is 163 Å². The molecule has 3 heterocycles. The van der Waals surface area contributed by atoms with E-state index in [0.717, 1.165) is 17.0 Å². The largest absolute Gasteiger partial charge is 0.497 e. The van der Waals surface area contributed by atoms with E-state index in [0.29, 0.717) is 31.1 Å². The summed E-state index contributed by atoms with van der Waals surface area (Å²) in [5.74, 6) is 0.631. The molecule has 1 aliphatic rings. The minimum atomic E-state index is -0.365. The normalized spacial score (nSPS) is 16.6. The monoisotopic (exact) mass is 376 g/mol. The summed E-state index contributed by atoms with van der Waals surface area (Å²) in [6, 6.07) is 13.0. The lowest BCUT2D eigenvalue weighted by Crippen LogP contribution is -2.42. The molecule has 7 nitrogen and oxygen atoms in total. The fourth-order valence-corrected chi connectivity index (χ4v) is 3.23. The molecule has 1 atom stereocenters. The highest BCUT2D eigenvalue weighted by Gasteiger charge is 2.29. The third kappa shape index (κ3) is 3.70. The van der Waals surface area contributed by atoms with Crippen molar-refractivity contribution in [2.75, 3.05) is 26.8 Å². The van der Waals surface area contributed by atoms with Crippen molar-refractivity contribution in [1.29, 1.82) is 0 Å². The molecule has 0 spiro atoms. The van der Waals surface area contributed by atoms with Crippen molar-refractivity contribution in [2.45, 2.75) is 6.10 Å². The number of ether oxygens (including phenoxy) is 2.